The van der Waals surface area contributed by atoms with Gasteiger partial charge in [0.1, 0.15) is 11.5 Å². The molecule has 0 saturated carbocycles. The molecule has 2 aromatic carbocycles. The minimum atomic E-state index is 0.0574. The predicted octanol–water partition coefficient (Wildman–Crippen LogP) is 4.58. The smallest absolute Gasteiger partial charge is 0.131 e. The molecule has 2 aromatic rings. The topological polar surface area (TPSA) is 9.23 Å². The molecular weight excluding hydrogens is 208 g/mol. The van der Waals surface area contributed by atoms with Crippen molar-refractivity contribution in [1.29, 1.82) is 0 Å². The van der Waals surface area contributed by atoms with Crippen LogP contribution in [-0.4, -0.2) is 0 Å². The lowest BCUT2D eigenvalue weighted by Gasteiger charge is -2.22. The van der Waals surface area contributed by atoms with E-state index < -0.39 is 0 Å². The Morgan fingerprint density at radius 3 is 2.35 bits per heavy atom. The van der Waals surface area contributed by atoms with E-state index in [1.54, 1.807) is 0 Å². The van der Waals surface area contributed by atoms with Crippen molar-refractivity contribution in [3.8, 4) is 11.5 Å². The van der Waals surface area contributed by atoms with E-state index >= 15 is 0 Å². The molecule has 17 heavy (non-hydrogen) atoms. The van der Waals surface area contributed by atoms with Gasteiger partial charge in [-0.15, -0.1) is 0 Å². The molecule has 0 unspecified atom stereocenters. The van der Waals surface area contributed by atoms with Crippen LogP contribution in [-0.2, 0) is 5.41 Å². The summed E-state index contributed by atoms with van der Waals surface area (Å²) in [6, 6.07) is 18.8. The minimum Gasteiger partial charge on any atom is -0.457 e. The quantitative estimate of drug-likeness (QED) is 0.727. The van der Waals surface area contributed by atoms with Crippen LogP contribution in [0, 0.1) is 6.07 Å². The molecule has 0 atom stereocenters. The molecule has 0 spiro atoms. The normalized spacial score (nSPS) is 11.2. The summed E-state index contributed by atoms with van der Waals surface area (Å²) in [4.78, 5) is 0. The Morgan fingerprint density at radius 2 is 1.71 bits per heavy atom. The standard InChI is InChI=1S/C16H17O/c1-16(2,3)14-11-7-8-12-15(14)17-13-9-5-4-6-10-13/h4-6,8-12H,1-3H3. The van der Waals surface area contributed by atoms with Crippen LogP contribution in [0.15, 0.2) is 48.5 Å². The number of para-hydroxylation sites is 1. The third-order valence-electron chi connectivity index (χ3n) is 2.60. The summed E-state index contributed by atoms with van der Waals surface area (Å²) in [6.45, 7) is 6.52. The molecule has 1 heteroatoms. The minimum absolute atomic E-state index is 0.0574. The Balaban J connectivity index is 2.34. The predicted molar refractivity (Wildman–Crippen MR) is 70.5 cm³/mol. The van der Waals surface area contributed by atoms with Gasteiger partial charge in [0.05, 0.1) is 0 Å². The van der Waals surface area contributed by atoms with Gasteiger partial charge in [-0.2, -0.15) is 0 Å². The molecule has 87 valence electrons. The van der Waals surface area contributed by atoms with Crippen molar-refractivity contribution in [3.63, 3.8) is 0 Å². The molecule has 2 rings (SSSR count). The maximum Gasteiger partial charge on any atom is 0.131 e. The fourth-order valence-corrected chi connectivity index (χ4v) is 1.71. The Hall–Kier alpha value is -1.76. The number of hydrogen-bond donors (Lipinski definition) is 0. The lowest BCUT2D eigenvalue weighted by Crippen LogP contribution is -2.12. The fourth-order valence-electron chi connectivity index (χ4n) is 1.71. The van der Waals surface area contributed by atoms with Gasteiger partial charge in [-0.3, -0.25) is 0 Å². The summed E-state index contributed by atoms with van der Waals surface area (Å²) in [5.41, 5.74) is 1.23. The lowest BCUT2D eigenvalue weighted by molar-refractivity contribution is 0.455. The van der Waals surface area contributed by atoms with Gasteiger partial charge in [0.15, 0.2) is 0 Å². The highest BCUT2D eigenvalue weighted by atomic mass is 16.5. The van der Waals surface area contributed by atoms with Crippen molar-refractivity contribution in [2.45, 2.75) is 26.2 Å². The first kappa shape index (κ1) is 11.7. The van der Waals surface area contributed by atoms with Crippen LogP contribution in [0.25, 0.3) is 0 Å². The van der Waals surface area contributed by atoms with Crippen LogP contribution >= 0.6 is 0 Å². The second kappa shape index (κ2) is 4.62. The Kier molecular flexibility index (Phi) is 3.19. The van der Waals surface area contributed by atoms with Gasteiger partial charge in [0, 0.05) is 5.56 Å². The van der Waals surface area contributed by atoms with E-state index in [-0.39, 0.29) is 5.41 Å². The molecule has 0 fully saturated rings. The van der Waals surface area contributed by atoms with Gasteiger partial charge in [-0.25, -0.2) is 0 Å². The van der Waals surface area contributed by atoms with Crippen LogP contribution < -0.4 is 4.74 Å². The number of ether oxygens (including phenoxy) is 1. The Morgan fingerprint density at radius 1 is 1.00 bits per heavy atom. The Labute approximate surface area is 103 Å². The van der Waals surface area contributed by atoms with Crippen LogP contribution in [0.4, 0.5) is 0 Å². The third-order valence-corrected chi connectivity index (χ3v) is 2.60. The largest absolute Gasteiger partial charge is 0.457 e. The molecule has 0 aliphatic rings. The maximum absolute atomic E-state index is 5.92. The summed E-state index contributed by atoms with van der Waals surface area (Å²) < 4.78 is 5.92. The van der Waals surface area contributed by atoms with Gasteiger partial charge in [0.25, 0.3) is 0 Å². The molecule has 0 saturated heterocycles. The van der Waals surface area contributed by atoms with Crippen molar-refractivity contribution in [1.82, 2.24) is 0 Å². The summed E-state index contributed by atoms with van der Waals surface area (Å²) >= 11 is 0. The average molecular weight is 225 g/mol. The summed E-state index contributed by atoms with van der Waals surface area (Å²) in [7, 11) is 0. The highest BCUT2D eigenvalue weighted by molar-refractivity contribution is 5.41. The summed E-state index contributed by atoms with van der Waals surface area (Å²) in [5.74, 6) is 1.77. The number of rotatable bonds is 2. The molecule has 1 radical (unpaired) electrons. The van der Waals surface area contributed by atoms with Crippen LogP contribution in [0.1, 0.15) is 26.3 Å². The van der Waals surface area contributed by atoms with Crippen molar-refractivity contribution in [2.75, 3.05) is 0 Å². The van der Waals surface area contributed by atoms with E-state index in [1.165, 1.54) is 5.56 Å². The van der Waals surface area contributed by atoms with Crippen molar-refractivity contribution in [2.24, 2.45) is 0 Å². The highest BCUT2D eigenvalue weighted by Gasteiger charge is 2.18. The zero-order chi connectivity index (χ0) is 12.3. The third kappa shape index (κ3) is 2.88. The molecule has 0 amide bonds. The first-order valence-corrected chi connectivity index (χ1v) is 5.81. The van der Waals surface area contributed by atoms with Gasteiger partial charge >= 0.3 is 0 Å². The Bertz CT molecular complexity index is 480. The zero-order valence-corrected chi connectivity index (χ0v) is 10.5. The molecule has 0 aromatic heterocycles. The monoisotopic (exact) mass is 225 g/mol. The van der Waals surface area contributed by atoms with E-state index in [9.17, 15) is 0 Å². The van der Waals surface area contributed by atoms with Crippen molar-refractivity contribution < 1.29 is 4.74 Å². The van der Waals surface area contributed by atoms with E-state index in [1.807, 2.05) is 48.5 Å². The van der Waals surface area contributed by atoms with E-state index in [2.05, 4.69) is 26.8 Å². The van der Waals surface area contributed by atoms with Gasteiger partial charge in [-0.05, 0) is 35.7 Å². The first-order chi connectivity index (χ1) is 8.07. The van der Waals surface area contributed by atoms with Crippen LogP contribution in [0.3, 0.4) is 0 Å². The van der Waals surface area contributed by atoms with E-state index in [0.29, 0.717) is 0 Å². The van der Waals surface area contributed by atoms with E-state index in [0.717, 1.165) is 11.5 Å². The van der Waals surface area contributed by atoms with Gasteiger partial charge in [-0.1, -0.05) is 45.0 Å². The fraction of sp³-hybridized carbons (Fsp3) is 0.250. The average Bonchev–Trinajstić information content (AvgIpc) is 2.30. The summed E-state index contributed by atoms with van der Waals surface area (Å²) in [6.07, 6.45) is 0. The maximum atomic E-state index is 5.92. The van der Waals surface area contributed by atoms with Crippen LogP contribution in [0.2, 0.25) is 0 Å². The van der Waals surface area contributed by atoms with Gasteiger partial charge < -0.3 is 4.74 Å². The van der Waals surface area contributed by atoms with E-state index in [4.69, 9.17) is 4.74 Å². The number of hydrogen-bond acceptors (Lipinski definition) is 1. The molecular formula is C16H17O. The highest BCUT2D eigenvalue weighted by Crippen LogP contribution is 2.33. The first-order valence-electron chi connectivity index (χ1n) is 5.81. The second-order valence-electron chi connectivity index (χ2n) is 5.09. The lowest BCUT2D eigenvalue weighted by atomic mass is 9.86. The van der Waals surface area contributed by atoms with Crippen LogP contribution in [0.5, 0.6) is 11.5 Å². The second-order valence-corrected chi connectivity index (χ2v) is 5.09. The molecule has 0 aliphatic carbocycles. The van der Waals surface area contributed by atoms with Crippen molar-refractivity contribution in [3.05, 3.63) is 60.2 Å². The van der Waals surface area contributed by atoms with Crippen molar-refractivity contribution >= 4 is 0 Å². The number of benzene rings is 2. The molecule has 1 nitrogen and oxygen atoms in total. The molecule has 0 bridgehead atoms. The SMILES string of the molecule is CC(C)(C)c1c[c]ccc1Oc1ccccc1. The molecule has 0 heterocycles. The summed E-state index contributed by atoms with van der Waals surface area (Å²) in [5, 5.41) is 0. The molecule has 0 aliphatic heterocycles. The molecule has 0 N–H and O–H groups in total. The zero-order valence-electron chi connectivity index (χ0n) is 10.5. The van der Waals surface area contributed by atoms with Gasteiger partial charge in [0.2, 0.25) is 0 Å².